The zero-order chi connectivity index (χ0) is 11.9. The standard InChI is InChI=1S/C12H20N4O/c1-2-17-12-7-11(15-9-16-12)14-8-10-3-5-13-6-4-10/h7,9-10,13H,2-6,8H2,1H3,(H,14,15,16). The minimum Gasteiger partial charge on any atom is -0.478 e. The molecule has 0 unspecified atom stereocenters. The molecule has 5 nitrogen and oxygen atoms in total. The maximum Gasteiger partial charge on any atom is 0.218 e. The van der Waals surface area contributed by atoms with Crippen molar-refractivity contribution in [1.82, 2.24) is 15.3 Å². The van der Waals surface area contributed by atoms with E-state index in [-0.39, 0.29) is 0 Å². The molecule has 1 saturated heterocycles. The summed E-state index contributed by atoms with van der Waals surface area (Å²) < 4.78 is 5.34. The van der Waals surface area contributed by atoms with Crippen molar-refractivity contribution in [1.29, 1.82) is 0 Å². The minimum atomic E-state index is 0.630. The van der Waals surface area contributed by atoms with Gasteiger partial charge in [-0.2, -0.15) is 0 Å². The molecule has 1 aliphatic heterocycles. The maximum absolute atomic E-state index is 5.34. The molecular weight excluding hydrogens is 216 g/mol. The van der Waals surface area contributed by atoms with Crippen LogP contribution in [0, 0.1) is 5.92 Å². The molecule has 1 aliphatic rings. The van der Waals surface area contributed by atoms with E-state index in [1.54, 1.807) is 0 Å². The summed E-state index contributed by atoms with van der Waals surface area (Å²) in [7, 11) is 0. The molecule has 1 aromatic rings. The van der Waals surface area contributed by atoms with Gasteiger partial charge in [0.1, 0.15) is 12.1 Å². The van der Waals surface area contributed by atoms with Gasteiger partial charge in [0.05, 0.1) is 6.61 Å². The van der Waals surface area contributed by atoms with Crippen LogP contribution in [0.4, 0.5) is 5.82 Å². The number of ether oxygens (including phenoxy) is 1. The lowest BCUT2D eigenvalue weighted by Crippen LogP contribution is -2.31. The van der Waals surface area contributed by atoms with Gasteiger partial charge in [0.25, 0.3) is 0 Å². The largest absolute Gasteiger partial charge is 0.478 e. The second-order valence-corrected chi connectivity index (χ2v) is 4.25. The third-order valence-electron chi connectivity index (χ3n) is 2.96. The molecule has 0 aromatic carbocycles. The van der Waals surface area contributed by atoms with Crippen molar-refractivity contribution >= 4 is 5.82 Å². The molecule has 0 aliphatic carbocycles. The van der Waals surface area contributed by atoms with Gasteiger partial charge in [-0.15, -0.1) is 0 Å². The van der Waals surface area contributed by atoms with E-state index in [2.05, 4.69) is 20.6 Å². The van der Waals surface area contributed by atoms with Gasteiger partial charge in [-0.05, 0) is 38.8 Å². The van der Waals surface area contributed by atoms with Crippen LogP contribution in [0.15, 0.2) is 12.4 Å². The Morgan fingerprint density at radius 3 is 3.00 bits per heavy atom. The number of nitrogens with zero attached hydrogens (tertiary/aromatic N) is 2. The van der Waals surface area contributed by atoms with Crippen molar-refractivity contribution in [3.05, 3.63) is 12.4 Å². The molecule has 0 radical (unpaired) electrons. The number of rotatable bonds is 5. The van der Waals surface area contributed by atoms with E-state index in [1.165, 1.54) is 19.2 Å². The van der Waals surface area contributed by atoms with E-state index in [1.807, 2.05) is 13.0 Å². The summed E-state index contributed by atoms with van der Waals surface area (Å²) in [5.74, 6) is 2.22. The van der Waals surface area contributed by atoms with Crippen LogP contribution in [0.1, 0.15) is 19.8 Å². The second-order valence-electron chi connectivity index (χ2n) is 4.25. The number of piperidine rings is 1. The summed E-state index contributed by atoms with van der Waals surface area (Å²) in [4.78, 5) is 8.23. The van der Waals surface area contributed by atoms with Crippen LogP contribution >= 0.6 is 0 Å². The van der Waals surface area contributed by atoms with Crippen LogP contribution in [0.25, 0.3) is 0 Å². The van der Waals surface area contributed by atoms with E-state index >= 15 is 0 Å². The first-order valence-electron chi connectivity index (χ1n) is 6.28. The molecule has 0 amide bonds. The van der Waals surface area contributed by atoms with E-state index in [0.29, 0.717) is 12.5 Å². The quantitative estimate of drug-likeness (QED) is 0.806. The van der Waals surface area contributed by atoms with E-state index < -0.39 is 0 Å². The molecule has 1 fully saturated rings. The average molecular weight is 236 g/mol. The van der Waals surface area contributed by atoms with Crippen molar-refractivity contribution in [2.75, 3.05) is 31.6 Å². The van der Waals surface area contributed by atoms with Crippen LogP contribution in [0.5, 0.6) is 5.88 Å². The monoisotopic (exact) mass is 236 g/mol. The molecule has 17 heavy (non-hydrogen) atoms. The van der Waals surface area contributed by atoms with Crippen LogP contribution < -0.4 is 15.4 Å². The van der Waals surface area contributed by atoms with Crippen molar-refractivity contribution < 1.29 is 4.74 Å². The average Bonchev–Trinajstić information content (AvgIpc) is 2.39. The molecule has 1 aromatic heterocycles. The number of nitrogens with one attached hydrogen (secondary N) is 2. The summed E-state index contributed by atoms with van der Waals surface area (Å²) in [5, 5.41) is 6.72. The molecule has 94 valence electrons. The van der Waals surface area contributed by atoms with Crippen molar-refractivity contribution in [3.8, 4) is 5.88 Å². The zero-order valence-corrected chi connectivity index (χ0v) is 10.3. The zero-order valence-electron chi connectivity index (χ0n) is 10.3. The summed E-state index contributed by atoms with van der Waals surface area (Å²) in [6, 6.07) is 1.85. The fourth-order valence-electron chi connectivity index (χ4n) is 2.00. The Labute approximate surface area is 102 Å². The van der Waals surface area contributed by atoms with Gasteiger partial charge in [0.15, 0.2) is 0 Å². The molecule has 0 spiro atoms. The predicted molar refractivity (Wildman–Crippen MR) is 67.3 cm³/mol. The molecule has 2 heterocycles. The minimum absolute atomic E-state index is 0.630. The first-order valence-corrected chi connectivity index (χ1v) is 6.28. The lowest BCUT2D eigenvalue weighted by atomic mass is 9.98. The molecule has 0 saturated carbocycles. The highest BCUT2D eigenvalue weighted by Gasteiger charge is 2.12. The van der Waals surface area contributed by atoms with Gasteiger partial charge in [0.2, 0.25) is 5.88 Å². The first kappa shape index (κ1) is 12.1. The summed E-state index contributed by atoms with van der Waals surface area (Å²) >= 11 is 0. The number of anilines is 1. The van der Waals surface area contributed by atoms with Crippen LogP contribution in [-0.2, 0) is 0 Å². The van der Waals surface area contributed by atoms with Crippen LogP contribution in [-0.4, -0.2) is 36.2 Å². The maximum atomic E-state index is 5.34. The first-order chi connectivity index (χ1) is 8.38. The fraction of sp³-hybridized carbons (Fsp3) is 0.667. The highest BCUT2D eigenvalue weighted by molar-refractivity contribution is 5.37. The Morgan fingerprint density at radius 1 is 1.41 bits per heavy atom. The summed E-state index contributed by atoms with van der Waals surface area (Å²) in [5.41, 5.74) is 0. The lowest BCUT2D eigenvalue weighted by Gasteiger charge is -2.22. The number of hydrogen-bond acceptors (Lipinski definition) is 5. The highest BCUT2D eigenvalue weighted by Crippen LogP contribution is 2.15. The Morgan fingerprint density at radius 2 is 2.24 bits per heavy atom. The Balaban J connectivity index is 1.83. The second kappa shape index (κ2) is 6.39. The summed E-state index contributed by atoms with van der Waals surface area (Å²) in [6.45, 7) is 5.81. The van der Waals surface area contributed by atoms with E-state index in [9.17, 15) is 0 Å². The predicted octanol–water partition coefficient (Wildman–Crippen LogP) is 1.29. The van der Waals surface area contributed by atoms with Gasteiger partial charge in [-0.25, -0.2) is 9.97 Å². The van der Waals surface area contributed by atoms with Gasteiger partial charge in [-0.1, -0.05) is 0 Å². The van der Waals surface area contributed by atoms with Crippen molar-refractivity contribution in [2.45, 2.75) is 19.8 Å². The summed E-state index contributed by atoms with van der Waals surface area (Å²) in [6.07, 6.45) is 4.00. The third-order valence-corrected chi connectivity index (χ3v) is 2.96. The van der Waals surface area contributed by atoms with Crippen molar-refractivity contribution in [2.24, 2.45) is 5.92 Å². The van der Waals surface area contributed by atoms with Crippen LogP contribution in [0.2, 0.25) is 0 Å². The molecular formula is C12H20N4O. The fourth-order valence-corrected chi connectivity index (χ4v) is 2.00. The molecule has 2 rings (SSSR count). The number of aromatic nitrogens is 2. The number of hydrogen-bond donors (Lipinski definition) is 2. The van der Waals surface area contributed by atoms with Crippen molar-refractivity contribution in [3.63, 3.8) is 0 Å². The third kappa shape index (κ3) is 3.85. The highest BCUT2D eigenvalue weighted by atomic mass is 16.5. The Hall–Kier alpha value is -1.36. The molecule has 0 bridgehead atoms. The normalized spacial score (nSPS) is 16.8. The van der Waals surface area contributed by atoms with Crippen LogP contribution in [0.3, 0.4) is 0 Å². The van der Waals surface area contributed by atoms with Gasteiger partial charge < -0.3 is 15.4 Å². The van der Waals surface area contributed by atoms with Gasteiger partial charge in [-0.3, -0.25) is 0 Å². The Kier molecular flexibility index (Phi) is 4.55. The van der Waals surface area contributed by atoms with E-state index in [0.717, 1.165) is 31.4 Å². The SMILES string of the molecule is CCOc1cc(NCC2CCNCC2)ncn1. The molecule has 2 N–H and O–H groups in total. The van der Waals surface area contributed by atoms with Gasteiger partial charge >= 0.3 is 0 Å². The molecule has 0 atom stereocenters. The lowest BCUT2D eigenvalue weighted by molar-refractivity contribution is 0.326. The smallest absolute Gasteiger partial charge is 0.218 e. The van der Waals surface area contributed by atoms with Gasteiger partial charge in [0, 0.05) is 12.6 Å². The van der Waals surface area contributed by atoms with E-state index in [4.69, 9.17) is 4.74 Å². The Bertz CT molecular complexity index is 339. The molecule has 5 heteroatoms. The topological polar surface area (TPSA) is 59.1 Å².